The molecule has 0 saturated heterocycles. The van der Waals surface area contributed by atoms with Gasteiger partial charge in [0.15, 0.2) is 5.69 Å². The molecule has 0 aliphatic carbocycles. The van der Waals surface area contributed by atoms with Gasteiger partial charge < -0.3 is 5.11 Å². The quantitative estimate of drug-likeness (QED) is 0.884. The van der Waals surface area contributed by atoms with Gasteiger partial charge in [-0.1, -0.05) is 6.07 Å². The van der Waals surface area contributed by atoms with E-state index in [0.717, 1.165) is 11.1 Å². The summed E-state index contributed by atoms with van der Waals surface area (Å²) in [5.41, 5.74) is 1.71. The summed E-state index contributed by atoms with van der Waals surface area (Å²) in [5.74, 6) is -1.38. The van der Waals surface area contributed by atoms with Crippen molar-refractivity contribution < 1.29 is 14.3 Å². The minimum absolute atomic E-state index is 0.0148. The largest absolute Gasteiger partial charge is 0.476 e. The highest BCUT2D eigenvalue weighted by molar-refractivity contribution is 5.85. The molecule has 5 heteroatoms. The Kier molecular flexibility index (Phi) is 2.91. The first-order valence-corrected chi connectivity index (χ1v) is 5.08. The fourth-order valence-corrected chi connectivity index (χ4v) is 1.55. The highest BCUT2D eigenvalue weighted by Gasteiger charge is 2.08. The molecule has 1 heterocycles. The Morgan fingerprint density at radius 1 is 1.47 bits per heavy atom. The number of aromatic carboxylic acids is 1. The van der Waals surface area contributed by atoms with Crippen LogP contribution in [0.3, 0.4) is 0 Å². The topological polar surface area (TPSA) is 55.1 Å². The summed E-state index contributed by atoms with van der Waals surface area (Å²) in [5, 5.41) is 12.6. The summed E-state index contributed by atoms with van der Waals surface area (Å²) >= 11 is 0. The van der Waals surface area contributed by atoms with Gasteiger partial charge in [0, 0.05) is 6.20 Å². The highest BCUT2D eigenvalue weighted by Crippen LogP contribution is 2.11. The number of aromatic nitrogens is 2. The van der Waals surface area contributed by atoms with Crippen LogP contribution in [-0.2, 0) is 6.54 Å². The maximum absolute atomic E-state index is 13.1. The standard InChI is InChI=1S/C12H11FN2O2/c1-8-2-3-10(13)6-9(8)7-15-5-4-11(14-15)12(16)17/h2-6H,7H2,1H3,(H,16,17). The second-order valence-corrected chi connectivity index (χ2v) is 3.77. The van der Waals surface area contributed by atoms with E-state index in [1.165, 1.54) is 22.9 Å². The van der Waals surface area contributed by atoms with Gasteiger partial charge in [-0.15, -0.1) is 0 Å². The van der Waals surface area contributed by atoms with Crippen LogP contribution in [-0.4, -0.2) is 20.9 Å². The normalized spacial score (nSPS) is 10.5. The lowest BCUT2D eigenvalue weighted by Gasteiger charge is -2.05. The first-order valence-electron chi connectivity index (χ1n) is 5.08. The molecule has 0 atom stereocenters. The number of carboxylic acids is 1. The number of aryl methyl sites for hydroxylation is 1. The summed E-state index contributed by atoms with van der Waals surface area (Å²) in [6, 6.07) is 5.92. The molecule has 0 amide bonds. The molecule has 17 heavy (non-hydrogen) atoms. The molecule has 4 nitrogen and oxygen atoms in total. The fourth-order valence-electron chi connectivity index (χ4n) is 1.55. The molecule has 0 aliphatic rings. The van der Waals surface area contributed by atoms with E-state index in [2.05, 4.69) is 5.10 Å². The van der Waals surface area contributed by atoms with E-state index in [1.807, 2.05) is 6.92 Å². The molecule has 0 radical (unpaired) electrons. The van der Waals surface area contributed by atoms with E-state index < -0.39 is 5.97 Å². The molecule has 1 aromatic heterocycles. The molecule has 0 unspecified atom stereocenters. The van der Waals surface area contributed by atoms with Crippen molar-refractivity contribution in [3.63, 3.8) is 0 Å². The van der Waals surface area contributed by atoms with Crippen LogP contribution >= 0.6 is 0 Å². The minimum Gasteiger partial charge on any atom is -0.476 e. The highest BCUT2D eigenvalue weighted by atomic mass is 19.1. The van der Waals surface area contributed by atoms with Crippen molar-refractivity contribution in [3.05, 3.63) is 53.1 Å². The first-order chi connectivity index (χ1) is 8.06. The average molecular weight is 234 g/mol. The Hall–Kier alpha value is -2.17. The SMILES string of the molecule is Cc1ccc(F)cc1Cn1ccc(C(=O)O)n1. The molecule has 1 N–H and O–H groups in total. The zero-order valence-corrected chi connectivity index (χ0v) is 9.22. The van der Waals surface area contributed by atoms with Crippen LogP contribution in [0.25, 0.3) is 0 Å². The molecule has 0 spiro atoms. The number of nitrogens with zero attached hydrogens (tertiary/aromatic N) is 2. The first kappa shape index (κ1) is 11.3. The molecule has 0 saturated carbocycles. The van der Waals surface area contributed by atoms with Crippen LogP contribution in [0.4, 0.5) is 4.39 Å². The maximum atomic E-state index is 13.1. The molecular weight excluding hydrogens is 223 g/mol. The predicted octanol–water partition coefficient (Wildman–Crippen LogP) is 2.08. The monoisotopic (exact) mass is 234 g/mol. The van der Waals surface area contributed by atoms with Crippen LogP contribution in [0.5, 0.6) is 0 Å². The van der Waals surface area contributed by atoms with Crippen LogP contribution in [0, 0.1) is 12.7 Å². The van der Waals surface area contributed by atoms with Gasteiger partial charge in [-0.25, -0.2) is 9.18 Å². The van der Waals surface area contributed by atoms with Gasteiger partial charge in [-0.05, 0) is 36.2 Å². The second kappa shape index (κ2) is 4.37. The van der Waals surface area contributed by atoms with Crippen molar-refractivity contribution in [2.75, 3.05) is 0 Å². The van der Waals surface area contributed by atoms with Gasteiger partial charge in [0.1, 0.15) is 5.82 Å². The van der Waals surface area contributed by atoms with E-state index in [0.29, 0.717) is 6.54 Å². The third-order valence-electron chi connectivity index (χ3n) is 2.50. The molecule has 0 bridgehead atoms. The van der Waals surface area contributed by atoms with Crippen molar-refractivity contribution >= 4 is 5.97 Å². The number of hydrogen-bond donors (Lipinski definition) is 1. The van der Waals surface area contributed by atoms with Crippen molar-refractivity contribution in [1.82, 2.24) is 9.78 Å². The summed E-state index contributed by atoms with van der Waals surface area (Å²) in [6.45, 7) is 2.23. The summed E-state index contributed by atoms with van der Waals surface area (Å²) in [7, 11) is 0. The minimum atomic E-state index is -1.07. The predicted molar refractivity (Wildman–Crippen MR) is 59.4 cm³/mol. The Labute approximate surface area is 97.3 Å². The van der Waals surface area contributed by atoms with Crippen LogP contribution in [0.15, 0.2) is 30.5 Å². The lowest BCUT2D eigenvalue weighted by atomic mass is 10.1. The van der Waals surface area contributed by atoms with Crippen molar-refractivity contribution in [2.24, 2.45) is 0 Å². The van der Waals surface area contributed by atoms with Gasteiger partial charge in [0.05, 0.1) is 6.54 Å². The third kappa shape index (κ3) is 2.50. The number of carboxylic acid groups (broad SMARTS) is 1. The van der Waals surface area contributed by atoms with Crippen molar-refractivity contribution in [1.29, 1.82) is 0 Å². The molecule has 2 aromatic rings. The summed E-state index contributed by atoms with van der Waals surface area (Å²) < 4.78 is 14.5. The number of halogens is 1. The van der Waals surface area contributed by atoms with E-state index in [4.69, 9.17) is 5.11 Å². The van der Waals surface area contributed by atoms with Crippen molar-refractivity contribution in [2.45, 2.75) is 13.5 Å². The van der Waals surface area contributed by atoms with Gasteiger partial charge >= 0.3 is 5.97 Å². The zero-order chi connectivity index (χ0) is 12.4. The van der Waals surface area contributed by atoms with E-state index in [9.17, 15) is 9.18 Å². The van der Waals surface area contributed by atoms with Gasteiger partial charge in [0.25, 0.3) is 0 Å². The van der Waals surface area contributed by atoms with Crippen molar-refractivity contribution in [3.8, 4) is 0 Å². The number of hydrogen-bond acceptors (Lipinski definition) is 2. The van der Waals surface area contributed by atoms with Crippen LogP contribution in [0.1, 0.15) is 21.6 Å². The Morgan fingerprint density at radius 3 is 2.88 bits per heavy atom. The fraction of sp³-hybridized carbons (Fsp3) is 0.167. The number of rotatable bonds is 3. The Bertz CT molecular complexity index is 563. The molecule has 2 rings (SSSR count). The summed E-state index contributed by atoms with van der Waals surface area (Å²) in [6.07, 6.45) is 1.56. The van der Waals surface area contributed by atoms with E-state index in [-0.39, 0.29) is 11.5 Å². The Balaban J connectivity index is 2.25. The third-order valence-corrected chi connectivity index (χ3v) is 2.50. The van der Waals surface area contributed by atoms with Crippen LogP contribution in [0.2, 0.25) is 0 Å². The van der Waals surface area contributed by atoms with Gasteiger partial charge in [-0.3, -0.25) is 4.68 Å². The lowest BCUT2D eigenvalue weighted by molar-refractivity contribution is 0.0689. The second-order valence-electron chi connectivity index (χ2n) is 3.77. The molecule has 1 aromatic carbocycles. The zero-order valence-electron chi connectivity index (χ0n) is 9.22. The smallest absolute Gasteiger partial charge is 0.356 e. The van der Waals surface area contributed by atoms with Gasteiger partial charge in [0.2, 0.25) is 0 Å². The molecule has 0 fully saturated rings. The number of carbonyl (C=O) groups is 1. The molecule has 88 valence electrons. The summed E-state index contributed by atoms with van der Waals surface area (Å²) in [4.78, 5) is 10.7. The van der Waals surface area contributed by atoms with E-state index in [1.54, 1.807) is 12.3 Å². The molecule has 0 aliphatic heterocycles. The molecular formula is C12H11FN2O2. The Morgan fingerprint density at radius 2 is 2.24 bits per heavy atom. The number of benzene rings is 1. The van der Waals surface area contributed by atoms with E-state index >= 15 is 0 Å². The van der Waals surface area contributed by atoms with Crippen LogP contribution < -0.4 is 0 Å². The maximum Gasteiger partial charge on any atom is 0.356 e. The average Bonchev–Trinajstić information content (AvgIpc) is 2.72. The lowest BCUT2D eigenvalue weighted by Crippen LogP contribution is -2.05. The van der Waals surface area contributed by atoms with Gasteiger partial charge in [-0.2, -0.15) is 5.10 Å².